The molecule has 0 unspecified atom stereocenters. The number of rotatable bonds is 4. The van der Waals surface area contributed by atoms with Gasteiger partial charge >= 0.3 is 0 Å². The second-order valence-electron chi connectivity index (χ2n) is 2.55. The van der Waals surface area contributed by atoms with Gasteiger partial charge < -0.3 is 4.74 Å². The highest BCUT2D eigenvalue weighted by molar-refractivity contribution is 9.10. The Morgan fingerprint density at radius 1 is 1.58 bits per heavy atom. The van der Waals surface area contributed by atoms with E-state index in [1.165, 1.54) is 0 Å². The van der Waals surface area contributed by atoms with Gasteiger partial charge in [-0.3, -0.25) is 0 Å². The summed E-state index contributed by atoms with van der Waals surface area (Å²) in [6.07, 6.45) is 2.26. The van der Waals surface area contributed by atoms with E-state index in [4.69, 9.17) is 4.74 Å². The zero-order valence-corrected chi connectivity index (χ0v) is 8.73. The summed E-state index contributed by atoms with van der Waals surface area (Å²) in [6.45, 7) is 2.93. The summed E-state index contributed by atoms with van der Waals surface area (Å²) in [5.41, 5.74) is 0. The lowest BCUT2D eigenvalue weighted by Crippen LogP contribution is -1.96. The van der Waals surface area contributed by atoms with E-state index in [-0.39, 0.29) is 0 Å². The van der Waals surface area contributed by atoms with Gasteiger partial charge in [0.15, 0.2) is 0 Å². The molecule has 0 fully saturated rings. The summed E-state index contributed by atoms with van der Waals surface area (Å²) < 4.78 is 6.40. The van der Waals surface area contributed by atoms with E-state index in [1.54, 1.807) is 0 Å². The third kappa shape index (κ3) is 2.86. The van der Waals surface area contributed by atoms with Crippen LogP contribution in [-0.4, -0.2) is 6.61 Å². The summed E-state index contributed by atoms with van der Waals surface area (Å²) >= 11 is 3.37. The fourth-order valence-corrected chi connectivity index (χ4v) is 1.22. The van der Waals surface area contributed by atoms with E-state index in [2.05, 4.69) is 28.9 Å². The second kappa shape index (κ2) is 5.20. The maximum absolute atomic E-state index is 5.50. The normalized spacial score (nSPS) is 9.83. The molecule has 0 heterocycles. The van der Waals surface area contributed by atoms with Gasteiger partial charge in [-0.15, -0.1) is 0 Å². The van der Waals surface area contributed by atoms with Crippen LogP contribution in [0.4, 0.5) is 0 Å². The Balaban J connectivity index is 2.46. The van der Waals surface area contributed by atoms with E-state index in [0.717, 1.165) is 29.7 Å². The molecule has 1 radical (unpaired) electrons. The molecule has 12 heavy (non-hydrogen) atoms. The zero-order chi connectivity index (χ0) is 8.81. The van der Waals surface area contributed by atoms with Gasteiger partial charge in [0.05, 0.1) is 11.1 Å². The molecule has 0 bridgehead atoms. The lowest BCUT2D eigenvalue weighted by atomic mass is 10.3. The van der Waals surface area contributed by atoms with Crippen LogP contribution < -0.4 is 4.74 Å². The molecule has 0 aliphatic rings. The van der Waals surface area contributed by atoms with Crippen LogP contribution >= 0.6 is 15.9 Å². The summed E-state index contributed by atoms with van der Waals surface area (Å²) in [5, 5.41) is 0. The van der Waals surface area contributed by atoms with Gasteiger partial charge in [-0.1, -0.05) is 25.5 Å². The van der Waals surface area contributed by atoms with Crippen molar-refractivity contribution < 1.29 is 4.74 Å². The summed E-state index contributed by atoms with van der Waals surface area (Å²) in [5.74, 6) is 0.881. The molecule has 0 N–H and O–H groups in total. The minimum atomic E-state index is 0.785. The van der Waals surface area contributed by atoms with Crippen LogP contribution in [0.2, 0.25) is 0 Å². The Morgan fingerprint density at radius 3 is 3.08 bits per heavy atom. The molecule has 0 amide bonds. The monoisotopic (exact) mass is 227 g/mol. The molecule has 1 nitrogen and oxygen atoms in total. The molecular formula is C10H12BrO. The van der Waals surface area contributed by atoms with E-state index in [9.17, 15) is 0 Å². The Kier molecular flexibility index (Phi) is 4.15. The van der Waals surface area contributed by atoms with Crippen molar-refractivity contribution in [3.63, 3.8) is 0 Å². The smallest absolute Gasteiger partial charge is 0.134 e. The highest BCUT2D eigenvalue weighted by Gasteiger charge is 1.97. The highest BCUT2D eigenvalue weighted by Crippen LogP contribution is 2.23. The first-order valence-corrected chi connectivity index (χ1v) is 4.93. The SMILES string of the molecule is CCCCOc1ccc[c]c1Br. The molecule has 0 aliphatic carbocycles. The van der Waals surface area contributed by atoms with Crippen molar-refractivity contribution >= 4 is 15.9 Å². The van der Waals surface area contributed by atoms with E-state index in [1.807, 2.05) is 18.2 Å². The minimum absolute atomic E-state index is 0.785. The number of hydrogen-bond acceptors (Lipinski definition) is 1. The third-order valence-corrected chi connectivity index (χ3v) is 2.15. The van der Waals surface area contributed by atoms with Crippen molar-refractivity contribution in [1.29, 1.82) is 0 Å². The van der Waals surface area contributed by atoms with Crippen molar-refractivity contribution in [2.45, 2.75) is 19.8 Å². The van der Waals surface area contributed by atoms with E-state index in [0.29, 0.717) is 0 Å². The lowest BCUT2D eigenvalue weighted by Gasteiger charge is -2.05. The molecule has 65 valence electrons. The van der Waals surface area contributed by atoms with Crippen LogP contribution in [0.5, 0.6) is 5.75 Å². The molecule has 1 aromatic carbocycles. The summed E-state index contributed by atoms with van der Waals surface area (Å²) in [7, 11) is 0. The molecule has 0 aliphatic heterocycles. The predicted octanol–water partition coefficient (Wildman–Crippen LogP) is 3.43. The molecule has 0 spiro atoms. The largest absolute Gasteiger partial charge is 0.492 e. The molecule has 0 saturated heterocycles. The number of benzene rings is 1. The number of unbranched alkanes of at least 4 members (excludes halogenated alkanes) is 1. The molecule has 0 saturated carbocycles. The lowest BCUT2D eigenvalue weighted by molar-refractivity contribution is 0.307. The Hall–Kier alpha value is -0.500. The molecular weight excluding hydrogens is 216 g/mol. The number of ether oxygens (including phenoxy) is 1. The topological polar surface area (TPSA) is 9.23 Å². The van der Waals surface area contributed by atoms with Crippen LogP contribution in [0.25, 0.3) is 0 Å². The Morgan fingerprint density at radius 2 is 2.42 bits per heavy atom. The van der Waals surface area contributed by atoms with Crippen LogP contribution in [0.15, 0.2) is 22.7 Å². The number of halogens is 1. The van der Waals surface area contributed by atoms with Gasteiger partial charge in [-0.25, -0.2) is 0 Å². The van der Waals surface area contributed by atoms with Crippen molar-refractivity contribution in [1.82, 2.24) is 0 Å². The van der Waals surface area contributed by atoms with Crippen LogP contribution in [0, 0.1) is 6.07 Å². The zero-order valence-electron chi connectivity index (χ0n) is 7.14. The average molecular weight is 228 g/mol. The quantitative estimate of drug-likeness (QED) is 0.717. The van der Waals surface area contributed by atoms with Gasteiger partial charge in [0.2, 0.25) is 0 Å². The van der Waals surface area contributed by atoms with Gasteiger partial charge in [0.1, 0.15) is 5.75 Å². The van der Waals surface area contributed by atoms with Crippen molar-refractivity contribution in [3.8, 4) is 5.75 Å². The maximum atomic E-state index is 5.50. The molecule has 0 aromatic heterocycles. The highest BCUT2D eigenvalue weighted by atomic mass is 79.9. The van der Waals surface area contributed by atoms with Gasteiger partial charge in [-0.05, 0) is 28.4 Å². The average Bonchev–Trinajstić information content (AvgIpc) is 2.09. The van der Waals surface area contributed by atoms with Crippen LogP contribution in [-0.2, 0) is 0 Å². The first-order chi connectivity index (χ1) is 5.84. The Labute approximate surface area is 81.9 Å². The molecule has 1 rings (SSSR count). The van der Waals surface area contributed by atoms with Crippen molar-refractivity contribution in [3.05, 3.63) is 28.7 Å². The molecule has 2 heteroatoms. The number of hydrogen-bond donors (Lipinski definition) is 0. The van der Waals surface area contributed by atoms with Crippen LogP contribution in [0.3, 0.4) is 0 Å². The van der Waals surface area contributed by atoms with Crippen LogP contribution in [0.1, 0.15) is 19.8 Å². The van der Waals surface area contributed by atoms with E-state index < -0.39 is 0 Å². The summed E-state index contributed by atoms with van der Waals surface area (Å²) in [4.78, 5) is 0. The molecule has 0 atom stereocenters. The molecule has 1 aromatic rings. The third-order valence-electron chi connectivity index (χ3n) is 1.53. The van der Waals surface area contributed by atoms with Crippen molar-refractivity contribution in [2.75, 3.05) is 6.61 Å². The fraction of sp³-hybridized carbons (Fsp3) is 0.400. The van der Waals surface area contributed by atoms with E-state index >= 15 is 0 Å². The van der Waals surface area contributed by atoms with Gasteiger partial charge in [-0.2, -0.15) is 0 Å². The maximum Gasteiger partial charge on any atom is 0.134 e. The summed E-state index contributed by atoms with van der Waals surface area (Å²) in [6, 6.07) is 8.74. The first kappa shape index (κ1) is 9.59. The first-order valence-electron chi connectivity index (χ1n) is 4.13. The van der Waals surface area contributed by atoms with Crippen molar-refractivity contribution in [2.24, 2.45) is 0 Å². The van der Waals surface area contributed by atoms with Gasteiger partial charge in [0, 0.05) is 6.07 Å². The minimum Gasteiger partial charge on any atom is -0.492 e. The van der Waals surface area contributed by atoms with Gasteiger partial charge in [0.25, 0.3) is 0 Å². The standard InChI is InChI=1S/C10H12BrO/c1-2-3-8-12-10-7-5-4-6-9(10)11/h4-5,7H,2-3,8H2,1H3. The fourth-order valence-electron chi connectivity index (χ4n) is 0.839. The Bertz CT molecular complexity index is 235. The predicted molar refractivity (Wildman–Crippen MR) is 53.4 cm³/mol. The second-order valence-corrected chi connectivity index (χ2v) is 3.34.